The van der Waals surface area contributed by atoms with Crippen molar-refractivity contribution in [2.75, 3.05) is 13.6 Å². The van der Waals surface area contributed by atoms with E-state index in [0.29, 0.717) is 0 Å². The van der Waals surface area contributed by atoms with Gasteiger partial charge in [0.15, 0.2) is 0 Å². The predicted octanol–water partition coefficient (Wildman–Crippen LogP) is 2.46. The molecule has 2 atom stereocenters. The Kier molecular flexibility index (Phi) is 3.25. The van der Waals surface area contributed by atoms with Gasteiger partial charge in [-0.15, -0.1) is 0 Å². The quantitative estimate of drug-likeness (QED) is 0.794. The Morgan fingerprint density at radius 1 is 1.43 bits per heavy atom. The average Bonchev–Trinajstić information content (AvgIpc) is 2.80. The molecule has 0 amide bonds. The third-order valence-electron chi connectivity index (χ3n) is 3.33. The largest absolute Gasteiger partial charge is 0.469 e. The lowest BCUT2D eigenvalue weighted by Gasteiger charge is -2.17. The van der Waals surface area contributed by atoms with Gasteiger partial charge in [0.2, 0.25) is 0 Å². The minimum atomic E-state index is 0.827. The van der Waals surface area contributed by atoms with E-state index in [1.807, 2.05) is 13.1 Å². The predicted molar refractivity (Wildman–Crippen MR) is 57.2 cm³/mol. The highest BCUT2D eigenvalue weighted by atomic mass is 16.3. The zero-order chi connectivity index (χ0) is 9.80. The van der Waals surface area contributed by atoms with E-state index < -0.39 is 0 Å². The van der Waals surface area contributed by atoms with Gasteiger partial charge in [0.05, 0.1) is 6.26 Å². The second-order valence-electron chi connectivity index (χ2n) is 4.29. The number of rotatable bonds is 4. The van der Waals surface area contributed by atoms with Crippen LogP contribution >= 0.6 is 0 Å². The van der Waals surface area contributed by atoms with E-state index >= 15 is 0 Å². The minimum Gasteiger partial charge on any atom is -0.469 e. The first-order chi connectivity index (χ1) is 6.90. The van der Waals surface area contributed by atoms with Crippen LogP contribution in [-0.4, -0.2) is 13.6 Å². The third-order valence-corrected chi connectivity index (χ3v) is 3.33. The molecule has 2 rings (SSSR count). The fourth-order valence-electron chi connectivity index (χ4n) is 2.60. The highest BCUT2D eigenvalue weighted by Gasteiger charge is 2.27. The van der Waals surface area contributed by atoms with Crippen molar-refractivity contribution in [2.45, 2.75) is 25.7 Å². The molecule has 0 spiro atoms. The van der Waals surface area contributed by atoms with Crippen molar-refractivity contribution >= 4 is 0 Å². The molecule has 1 aliphatic rings. The number of nitrogens with one attached hydrogen (secondary N) is 1. The molecule has 0 aromatic carbocycles. The summed E-state index contributed by atoms with van der Waals surface area (Å²) < 4.78 is 5.40. The van der Waals surface area contributed by atoms with Crippen molar-refractivity contribution in [2.24, 2.45) is 11.8 Å². The Hall–Kier alpha value is -0.760. The van der Waals surface area contributed by atoms with Crippen molar-refractivity contribution in [3.63, 3.8) is 0 Å². The van der Waals surface area contributed by atoms with Crippen LogP contribution in [0.15, 0.2) is 22.8 Å². The summed E-state index contributed by atoms with van der Waals surface area (Å²) in [6.45, 7) is 1.16. The minimum absolute atomic E-state index is 0.827. The summed E-state index contributed by atoms with van der Waals surface area (Å²) in [6, 6.07) is 4.08. The van der Waals surface area contributed by atoms with E-state index in [0.717, 1.165) is 30.6 Å². The van der Waals surface area contributed by atoms with Crippen molar-refractivity contribution in [1.82, 2.24) is 5.32 Å². The van der Waals surface area contributed by atoms with Crippen molar-refractivity contribution < 1.29 is 4.42 Å². The summed E-state index contributed by atoms with van der Waals surface area (Å²) in [7, 11) is 2.04. The highest BCUT2D eigenvalue weighted by molar-refractivity contribution is 5.00. The first-order valence-corrected chi connectivity index (χ1v) is 5.57. The van der Waals surface area contributed by atoms with Gasteiger partial charge < -0.3 is 9.73 Å². The molecule has 1 saturated carbocycles. The van der Waals surface area contributed by atoms with Crippen LogP contribution in [-0.2, 0) is 6.42 Å². The molecule has 14 heavy (non-hydrogen) atoms. The zero-order valence-electron chi connectivity index (χ0n) is 8.83. The van der Waals surface area contributed by atoms with Crippen LogP contribution in [0.5, 0.6) is 0 Å². The Balaban J connectivity index is 1.90. The van der Waals surface area contributed by atoms with Gasteiger partial charge in [-0.1, -0.05) is 6.42 Å². The lowest BCUT2D eigenvalue weighted by Crippen LogP contribution is -2.23. The molecule has 2 unspecified atom stereocenters. The molecule has 1 aromatic heterocycles. The van der Waals surface area contributed by atoms with Gasteiger partial charge in [-0.2, -0.15) is 0 Å². The second-order valence-corrected chi connectivity index (χ2v) is 4.29. The topological polar surface area (TPSA) is 25.2 Å². The lowest BCUT2D eigenvalue weighted by atomic mass is 9.92. The maximum atomic E-state index is 5.40. The monoisotopic (exact) mass is 193 g/mol. The standard InChI is InChI=1S/C12H19NO/c1-13-9-11-5-2-4-10(11)8-12-6-3-7-14-12/h3,6-7,10-11,13H,2,4-5,8-9H2,1H3. The fourth-order valence-corrected chi connectivity index (χ4v) is 2.60. The molecular formula is C12H19NO. The van der Waals surface area contributed by atoms with E-state index in [1.165, 1.54) is 19.3 Å². The van der Waals surface area contributed by atoms with Gasteiger partial charge in [-0.05, 0) is 50.4 Å². The van der Waals surface area contributed by atoms with E-state index in [4.69, 9.17) is 4.42 Å². The Labute approximate surface area is 85.7 Å². The summed E-state index contributed by atoms with van der Waals surface area (Å²) in [5.74, 6) is 2.83. The molecule has 1 heterocycles. The smallest absolute Gasteiger partial charge is 0.104 e. The van der Waals surface area contributed by atoms with E-state index in [-0.39, 0.29) is 0 Å². The Morgan fingerprint density at radius 2 is 2.29 bits per heavy atom. The maximum Gasteiger partial charge on any atom is 0.104 e. The summed E-state index contributed by atoms with van der Waals surface area (Å²) >= 11 is 0. The molecule has 1 aliphatic carbocycles. The zero-order valence-corrected chi connectivity index (χ0v) is 8.83. The first-order valence-electron chi connectivity index (χ1n) is 5.57. The molecule has 1 fully saturated rings. The Bertz CT molecular complexity index is 255. The Morgan fingerprint density at radius 3 is 3.00 bits per heavy atom. The number of hydrogen-bond donors (Lipinski definition) is 1. The van der Waals surface area contributed by atoms with Crippen LogP contribution in [0, 0.1) is 11.8 Å². The maximum absolute atomic E-state index is 5.40. The molecule has 2 nitrogen and oxygen atoms in total. The summed E-state index contributed by atoms with van der Waals surface area (Å²) in [5, 5.41) is 3.29. The van der Waals surface area contributed by atoms with Crippen molar-refractivity contribution in [3.8, 4) is 0 Å². The summed E-state index contributed by atoms with van der Waals surface area (Å²) in [6.07, 6.45) is 7.04. The van der Waals surface area contributed by atoms with Crippen LogP contribution in [0.4, 0.5) is 0 Å². The molecule has 0 saturated heterocycles. The van der Waals surface area contributed by atoms with Crippen molar-refractivity contribution in [3.05, 3.63) is 24.2 Å². The van der Waals surface area contributed by atoms with Gasteiger partial charge in [0.25, 0.3) is 0 Å². The van der Waals surface area contributed by atoms with Gasteiger partial charge in [0, 0.05) is 6.42 Å². The van der Waals surface area contributed by atoms with Gasteiger partial charge >= 0.3 is 0 Å². The van der Waals surface area contributed by atoms with Gasteiger partial charge in [0.1, 0.15) is 5.76 Å². The highest BCUT2D eigenvalue weighted by Crippen LogP contribution is 2.33. The van der Waals surface area contributed by atoms with Gasteiger partial charge in [-0.25, -0.2) is 0 Å². The van der Waals surface area contributed by atoms with E-state index in [1.54, 1.807) is 6.26 Å². The van der Waals surface area contributed by atoms with Crippen LogP contribution in [0.25, 0.3) is 0 Å². The van der Waals surface area contributed by atoms with Crippen molar-refractivity contribution in [1.29, 1.82) is 0 Å². The van der Waals surface area contributed by atoms with Crippen LogP contribution in [0.2, 0.25) is 0 Å². The van der Waals surface area contributed by atoms with E-state index in [2.05, 4.69) is 11.4 Å². The third kappa shape index (κ3) is 2.18. The van der Waals surface area contributed by atoms with Gasteiger partial charge in [-0.3, -0.25) is 0 Å². The SMILES string of the molecule is CNCC1CCCC1Cc1ccco1. The number of hydrogen-bond acceptors (Lipinski definition) is 2. The second kappa shape index (κ2) is 4.65. The molecule has 0 bridgehead atoms. The normalized spacial score (nSPS) is 26.9. The summed E-state index contributed by atoms with van der Waals surface area (Å²) in [4.78, 5) is 0. The molecular weight excluding hydrogens is 174 g/mol. The average molecular weight is 193 g/mol. The summed E-state index contributed by atoms with van der Waals surface area (Å²) in [5.41, 5.74) is 0. The molecule has 78 valence electrons. The molecule has 0 radical (unpaired) electrons. The van der Waals surface area contributed by atoms with E-state index in [9.17, 15) is 0 Å². The molecule has 1 aromatic rings. The van der Waals surface area contributed by atoms with Crippen LogP contribution < -0.4 is 5.32 Å². The molecule has 0 aliphatic heterocycles. The lowest BCUT2D eigenvalue weighted by molar-refractivity contribution is 0.348. The number of furan rings is 1. The molecule has 1 N–H and O–H groups in total. The fraction of sp³-hybridized carbons (Fsp3) is 0.667. The molecule has 2 heteroatoms. The van der Waals surface area contributed by atoms with Crippen LogP contribution in [0.3, 0.4) is 0 Å². The van der Waals surface area contributed by atoms with Crippen LogP contribution in [0.1, 0.15) is 25.0 Å². The first kappa shape index (κ1) is 9.78.